The van der Waals surface area contributed by atoms with Gasteiger partial charge in [-0.3, -0.25) is 4.90 Å². The van der Waals surface area contributed by atoms with Crippen LogP contribution in [0.4, 0.5) is 13.2 Å². The van der Waals surface area contributed by atoms with Gasteiger partial charge in [-0.25, -0.2) is 0 Å². The second kappa shape index (κ2) is 7.77. The minimum absolute atomic E-state index is 0.0654. The predicted octanol–water partition coefficient (Wildman–Crippen LogP) is 3.70. The van der Waals surface area contributed by atoms with Crippen molar-refractivity contribution in [1.29, 1.82) is 0 Å². The Morgan fingerprint density at radius 1 is 1.43 bits per heavy atom. The van der Waals surface area contributed by atoms with Crippen LogP contribution in [0.25, 0.3) is 0 Å². The van der Waals surface area contributed by atoms with Gasteiger partial charge in [0.25, 0.3) is 0 Å². The highest BCUT2D eigenvalue weighted by atomic mass is 32.2. The Balaban J connectivity index is 1.93. The number of thioether (sulfide) groups is 1. The number of likely N-dealkylation sites (tertiary alicyclic amines) is 1. The lowest BCUT2D eigenvalue weighted by atomic mass is 10.1. The molecule has 0 amide bonds. The summed E-state index contributed by atoms with van der Waals surface area (Å²) in [5.74, 6) is 0.828. The molecule has 2 atom stereocenters. The van der Waals surface area contributed by atoms with Crippen LogP contribution in [0.5, 0.6) is 5.75 Å². The molecule has 0 aliphatic carbocycles. The first kappa shape index (κ1) is 18.4. The number of halogens is 3. The van der Waals surface area contributed by atoms with Gasteiger partial charge >= 0.3 is 6.18 Å². The van der Waals surface area contributed by atoms with Gasteiger partial charge in [0.2, 0.25) is 0 Å². The second-order valence-electron chi connectivity index (χ2n) is 5.84. The van der Waals surface area contributed by atoms with Gasteiger partial charge < -0.3 is 10.1 Å². The Kier molecular flexibility index (Phi) is 6.22. The van der Waals surface area contributed by atoms with Crippen LogP contribution in [0.15, 0.2) is 23.1 Å². The van der Waals surface area contributed by atoms with E-state index in [1.807, 2.05) is 31.4 Å². The molecule has 130 valence electrons. The van der Waals surface area contributed by atoms with Crippen molar-refractivity contribution in [3.63, 3.8) is 0 Å². The largest absolute Gasteiger partial charge is 0.496 e. The van der Waals surface area contributed by atoms with Crippen LogP contribution in [-0.4, -0.2) is 50.1 Å². The summed E-state index contributed by atoms with van der Waals surface area (Å²) in [5.41, 5.74) is 1.08. The topological polar surface area (TPSA) is 24.5 Å². The van der Waals surface area contributed by atoms with Gasteiger partial charge in [-0.15, -0.1) is 11.8 Å². The minimum Gasteiger partial charge on any atom is -0.496 e. The molecule has 0 aromatic heterocycles. The Morgan fingerprint density at radius 2 is 2.17 bits per heavy atom. The molecule has 2 rings (SSSR count). The smallest absolute Gasteiger partial charge is 0.401 e. The van der Waals surface area contributed by atoms with Crippen LogP contribution in [0.3, 0.4) is 0 Å². The average molecular weight is 348 g/mol. The van der Waals surface area contributed by atoms with E-state index in [2.05, 4.69) is 5.32 Å². The van der Waals surface area contributed by atoms with E-state index >= 15 is 0 Å². The molecule has 0 spiro atoms. The summed E-state index contributed by atoms with van der Waals surface area (Å²) in [7, 11) is 1.64. The monoisotopic (exact) mass is 348 g/mol. The van der Waals surface area contributed by atoms with E-state index in [1.165, 1.54) is 4.90 Å². The molecular weight excluding hydrogens is 325 g/mol. The third-order valence-corrected chi connectivity index (χ3v) is 4.85. The third kappa shape index (κ3) is 5.29. The number of hydrogen-bond acceptors (Lipinski definition) is 4. The number of nitrogens with zero attached hydrogens (tertiary/aromatic N) is 1. The summed E-state index contributed by atoms with van der Waals surface area (Å²) in [4.78, 5) is 2.53. The highest BCUT2D eigenvalue weighted by Gasteiger charge is 2.34. The number of ether oxygens (including phenoxy) is 1. The van der Waals surface area contributed by atoms with Gasteiger partial charge in [-0.2, -0.15) is 13.2 Å². The molecule has 0 saturated carbocycles. The van der Waals surface area contributed by atoms with Crippen LogP contribution in [0, 0.1) is 0 Å². The number of rotatable bonds is 6. The summed E-state index contributed by atoms with van der Waals surface area (Å²) < 4.78 is 42.7. The predicted molar refractivity (Wildman–Crippen MR) is 87.2 cm³/mol. The highest BCUT2D eigenvalue weighted by Crippen LogP contribution is 2.30. The number of alkyl halides is 3. The first-order valence-corrected chi connectivity index (χ1v) is 8.82. The standard InChI is InChI=1S/C16H23F3N2OS/c1-11(12-4-5-15(23-3)14(8-12)22-2)20-13-6-7-21(9-13)10-16(17,18)19/h4-5,8,11,13,20H,6-7,9-10H2,1-3H3/t11-,13+/m1/s1. The zero-order valence-corrected chi connectivity index (χ0v) is 14.4. The molecule has 0 unspecified atom stereocenters. The number of nitrogens with one attached hydrogen (secondary N) is 1. The fourth-order valence-electron chi connectivity index (χ4n) is 2.94. The van der Waals surface area contributed by atoms with Gasteiger partial charge in [-0.05, 0) is 37.3 Å². The quantitative estimate of drug-likeness (QED) is 0.792. The van der Waals surface area contributed by atoms with Crippen molar-refractivity contribution in [2.75, 3.05) is 33.0 Å². The Morgan fingerprint density at radius 3 is 2.78 bits per heavy atom. The van der Waals surface area contributed by atoms with Crippen molar-refractivity contribution in [2.24, 2.45) is 0 Å². The molecule has 1 N–H and O–H groups in total. The van der Waals surface area contributed by atoms with Crippen LogP contribution in [-0.2, 0) is 0 Å². The van der Waals surface area contributed by atoms with Gasteiger partial charge in [0.05, 0.1) is 13.7 Å². The molecule has 0 radical (unpaired) electrons. The molecule has 1 aliphatic heterocycles. The van der Waals surface area contributed by atoms with Crippen molar-refractivity contribution < 1.29 is 17.9 Å². The molecule has 1 heterocycles. The first-order valence-electron chi connectivity index (χ1n) is 7.59. The maximum absolute atomic E-state index is 12.4. The number of methoxy groups -OCH3 is 1. The molecular formula is C16H23F3N2OS. The molecule has 7 heteroatoms. The van der Waals surface area contributed by atoms with Crippen molar-refractivity contribution in [3.05, 3.63) is 23.8 Å². The Labute approximate surface area is 139 Å². The Hall–Kier alpha value is -0.920. The summed E-state index contributed by atoms with van der Waals surface area (Å²) in [6.07, 6.45) is -1.39. The van der Waals surface area contributed by atoms with Crippen LogP contribution < -0.4 is 10.1 Å². The van der Waals surface area contributed by atoms with Crippen molar-refractivity contribution in [2.45, 2.75) is 36.5 Å². The lowest BCUT2D eigenvalue weighted by Gasteiger charge is -2.22. The molecule has 23 heavy (non-hydrogen) atoms. The first-order chi connectivity index (χ1) is 10.8. The van der Waals surface area contributed by atoms with Crippen molar-refractivity contribution in [1.82, 2.24) is 10.2 Å². The molecule has 0 bridgehead atoms. The van der Waals surface area contributed by atoms with Gasteiger partial charge in [0, 0.05) is 30.1 Å². The summed E-state index contributed by atoms with van der Waals surface area (Å²) >= 11 is 1.62. The van der Waals surface area contributed by atoms with Gasteiger partial charge in [0.15, 0.2) is 0 Å². The number of hydrogen-bond donors (Lipinski definition) is 1. The minimum atomic E-state index is -4.12. The average Bonchev–Trinajstić information content (AvgIpc) is 2.91. The zero-order chi connectivity index (χ0) is 17.0. The number of benzene rings is 1. The lowest BCUT2D eigenvalue weighted by molar-refractivity contribution is -0.143. The second-order valence-corrected chi connectivity index (χ2v) is 6.69. The molecule has 1 saturated heterocycles. The summed E-state index contributed by atoms with van der Waals surface area (Å²) in [6, 6.07) is 6.19. The molecule has 1 aromatic carbocycles. The van der Waals surface area contributed by atoms with E-state index in [9.17, 15) is 13.2 Å². The van der Waals surface area contributed by atoms with E-state index in [0.29, 0.717) is 13.1 Å². The third-order valence-electron chi connectivity index (χ3n) is 4.07. The van der Waals surface area contributed by atoms with E-state index in [1.54, 1.807) is 18.9 Å². The van der Waals surface area contributed by atoms with Crippen LogP contribution >= 0.6 is 11.8 Å². The maximum atomic E-state index is 12.4. The van der Waals surface area contributed by atoms with E-state index in [4.69, 9.17) is 4.74 Å². The van der Waals surface area contributed by atoms with Crippen molar-refractivity contribution in [3.8, 4) is 5.75 Å². The fraction of sp³-hybridized carbons (Fsp3) is 0.625. The van der Waals surface area contributed by atoms with E-state index in [0.717, 1.165) is 22.6 Å². The molecule has 3 nitrogen and oxygen atoms in total. The molecule has 1 aromatic rings. The normalized spacial score (nSPS) is 20.7. The molecule has 1 fully saturated rings. The van der Waals surface area contributed by atoms with Gasteiger partial charge in [-0.1, -0.05) is 6.07 Å². The maximum Gasteiger partial charge on any atom is 0.401 e. The van der Waals surface area contributed by atoms with Crippen LogP contribution in [0.2, 0.25) is 0 Å². The van der Waals surface area contributed by atoms with Crippen LogP contribution in [0.1, 0.15) is 24.9 Å². The lowest BCUT2D eigenvalue weighted by Crippen LogP contribution is -2.37. The van der Waals surface area contributed by atoms with E-state index < -0.39 is 12.7 Å². The van der Waals surface area contributed by atoms with E-state index in [-0.39, 0.29) is 12.1 Å². The highest BCUT2D eigenvalue weighted by molar-refractivity contribution is 7.98. The van der Waals surface area contributed by atoms with Gasteiger partial charge in [0.1, 0.15) is 5.75 Å². The summed E-state index contributed by atoms with van der Waals surface area (Å²) in [5, 5.41) is 3.43. The SMILES string of the molecule is COc1cc([C@@H](C)N[C@H]2CCN(CC(F)(F)F)C2)ccc1SC. The Bertz CT molecular complexity index is 525. The summed E-state index contributed by atoms with van der Waals surface area (Å²) in [6.45, 7) is 2.12. The fourth-order valence-corrected chi connectivity index (χ4v) is 3.49. The molecule has 1 aliphatic rings. The zero-order valence-electron chi connectivity index (χ0n) is 13.6. The van der Waals surface area contributed by atoms with Crippen molar-refractivity contribution >= 4 is 11.8 Å².